The molecule has 0 aliphatic heterocycles. The molecule has 1 aromatic rings. The second kappa shape index (κ2) is 5.07. The molecule has 0 amide bonds. The fraction of sp³-hybridized carbons (Fsp3) is 0.167. The Morgan fingerprint density at radius 1 is 1.06 bits per heavy atom. The van der Waals surface area contributed by atoms with Crippen molar-refractivity contribution >= 4 is 59.0 Å². The minimum absolute atomic E-state index is 0.323. The average Bonchev–Trinajstić information content (AvgIpc) is 2.28. The van der Waals surface area contributed by atoms with Crippen molar-refractivity contribution in [1.82, 2.24) is 0 Å². The van der Waals surface area contributed by atoms with Crippen molar-refractivity contribution in [3.05, 3.63) is 56.9 Å². The van der Waals surface area contributed by atoms with Crippen LogP contribution in [0.2, 0.25) is 0 Å². The average molecular weight is 326 g/mol. The van der Waals surface area contributed by atoms with Crippen LogP contribution in [0, 0.1) is 0 Å². The van der Waals surface area contributed by atoms with Gasteiger partial charge in [0.15, 0.2) is 4.33 Å². The van der Waals surface area contributed by atoms with Crippen LogP contribution in [0.4, 0.5) is 0 Å². The van der Waals surface area contributed by atoms with Gasteiger partial charge in [0, 0.05) is 9.94 Å². The Hall–Kier alpha value is 0.210. The fourth-order valence-electron chi connectivity index (χ4n) is 1.73. The topological polar surface area (TPSA) is 0 Å². The molecule has 0 saturated carbocycles. The number of alkyl halides is 2. The van der Waals surface area contributed by atoms with Crippen LogP contribution >= 0.6 is 59.0 Å². The van der Waals surface area contributed by atoms with Crippen molar-refractivity contribution in [1.29, 1.82) is 0 Å². The number of benzene rings is 1. The van der Waals surface area contributed by atoms with Crippen LogP contribution in [0.3, 0.4) is 0 Å². The minimum Gasteiger partial charge on any atom is -0.142 e. The fourth-order valence-corrected chi connectivity index (χ4v) is 3.32. The van der Waals surface area contributed by atoms with Gasteiger partial charge in [0.2, 0.25) is 0 Å². The quantitative estimate of drug-likeness (QED) is 0.514. The first-order chi connectivity index (χ1) is 7.94. The summed E-state index contributed by atoms with van der Waals surface area (Å²) >= 11 is 29.2. The molecule has 0 spiro atoms. The normalized spacial score (nSPS) is 23.6. The first-order valence-corrected chi connectivity index (χ1v) is 6.79. The molecule has 1 aliphatic rings. The molecule has 0 N–H and O–H groups in total. The Kier molecular flexibility index (Phi) is 4.06. The summed E-state index contributed by atoms with van der Waals surface area (Å²) in [4.78, 5) is 0.586. The Morgan fingerprint density at radius 2 is 1.65 bits per heavy atom. The lowest BCUT2D eigenvalue weighted by molar-refractivity contribution is 0.775. The van der Waals surface area contributed by atoms with Crippen molar-refractivity contribution in [2.45, 2.75) is 10.3 Å². The third-order valence-corrected chi connectivity index (χ3v) is 4.94. The Balaban J connectivity index is 2.56. The van der Waals surface area contributed by atoms with Gasteiger partial charge in [-0.25, -0.2) is 0 Å². The van der Waals surface area contributed by atoms with Crippen molar-refractivity contribution in [2.24, 2.45) is 0 Å². The summed E-state index contributed by atoms with van der Waals surface area (Å²) in [7, 11) is 0. The van der Waals surface area contributed by atoms with Gasteiger partial charge >= 0.3 is 0 Å². The van der Waals surface area contributed by atoms with Gasteiger partial charge in [-0.15, -0.1) is 12.6 Å². The Morgan fingerprint density at radius 3 is 2.24 bits per heavy atom. The highest BCUT2D eigenvalue weighted by Gasteiger charge is 2.44. The number of rotatable bonds is 1. The second-order valence-electron chi connectivity index (χ2n) is 3.69. The first kappa shape index (κ1) is 13.6. The van der Waals surface area contributed by atoms with Gasteiger partial charge in [0.05, 0.1) is 11.0 Å². The predicted molar refractivity (Wildman–Crippen MR) is 79.4 cm³/mol. The van der Waals surface area contributed by atoms with Gasteiger partial charge in [-0.3, -0.25) is 0 Å². The van der Waals surface area contributed by atoms with E-state index in [-0.39, 0.29) is 0 Å². The molecular formula is C12H8Cl4S. The van der Waals surface area contributed by atoms with E-state index in [0.29, 0.717) is 15.0 Å². The van der Waals surface area contributed by atoms with E-state index in [2.05, 4.69) is 12.6 Å². The summed E-state index contributed by atoms with van der Waals surface area (Å²) in [5, 5.41) is 0.818. The minimum atomic E-state index is -1.26. The molecule has 17 heavy (non-hydrogen) atoms. The lowest BCUT2D eigenvalue weighted by Crippen LogP contribution is -2.27. The number of allylic oxidation sites excluding steroid dienone is 3. The van der Waals surface area contributed by atoms with Crippen LogP contribution in [0.15, 0.2) is 51.4 Å². The molecule has 1 aromatic carbocycles. The third-order valence-electron chi connectivity index (χ3n) is 2.58. The summed E-state index contributed by atoms with van der Waals surface area (Å²) in [6.45, 7) is 0. The molecule has 0 fully saturated rings. The van der Waals surface area contributed by atoms with Crippen molar-refractivity contribution in [3.63, 3.8) is 0 Å². The van der Waals surface area contributed by atoms with Crippen LogP contribution in [-0.2, 0) is 0 Å². The van der Waals surface area contributed by atoms with Crippen molar-refractivity contribution in [2.75, 3.05) is 0 Å². The molecular weight excluding hydrogens is 318 g/mol. The van der Waals surface area contributed by atoms with Gasteiger partial charge in [-0.05, 0) is 11.6 Å². The summed E-state index contributed by atoms with van der Waals surface area (Å²) in [5.41, 5.74) is 0.903. The highest BCUT2D eigenvalue weighted by atomic mass is 35.5. The molecule has 1 atom stereocenters. The molecule has 1 unspecified atom stereocenters. The van der Waals surface area contributed by atoms with Gasteiger partial charge in [-0.2, -0.15) is 0 Å². The molecule has 0 bridgehead atoms. The van der Waals surface area contributed by atoms with Crippen LogP contribution in [0.1, 0.15) is 11.5 Å². The van der Waals surface area contributed by atoms with Crippen LogP contribution < -0.4 is 0 Å². The van der Waals surface area contributed by atoms with E-state index in [9.17, 15) is 0 Å². The number of thiol groups is 1. The summed E-state index contributed by atoms with van der Waals surface area (Å²) in [6.07, 6.45) is 1.58. The molecule has 90 valence electrons. The first-order valence-electron chi connectivity index (χ1n) is 4.83. The third kappa shape index (κ3) is 2.50. The van der Waals surface area contributed by atoms with Gasteiger partial charge < -0.3 is 0 Å². The number of halogens is 4. The highest BCUT2D eigenvalue weighted by Crippen LogP contribution is 2.54. The zero-order valence-corrected chi connectivity index (χ0v) is 12.4. The molecule has 5 heteroatoms. The summed E-state index contributed by atoms with van der Waals surface area (Å²) < 4.78 is -1.26. The molecule has 2 rings (SSSR count). The zero-order chi connectivity index (χ0) is 12.6. The zero-order valence-electron chi connectivity index (χ0n) is 8.50. The van der Waals surface area contributed by atoms with E-state index in [4.69, 9.17) is 46.4 Å². The molecule has 0 nitrogen and oxygen atoms in total. The Labute approximate surface area is 126 Å². The lowest BCUT2D eigenvalue weighted by atomic mass is 9.91. The summed E-state index contributed by atoms with van der Waals surface area (Å²) in [6, 6.07) is 9.51. The van der Waals surface area contributed by atoms with Crippen LogP contribution in [0.25, 0.3) is 0 Å². The van der Waals surface area contributed by atoms with E-state index < -0.39 is 10.3 Å². The maximum atomic E-state index is 6.30. The SMILES string of the molecule is SC1=C(Cl)C(c2ccccc2)C(Cl)(Cl)C(Cl)=C1. The predicted octanol–water partition coefficient (Wildman–Crippen LogP) is 5.46. The maximum Gasteiger partial charge on any atom is 0.165 e. The van der Waals surface area contributed by atoms with Crippen molar-refractivity contribution < 1.29 is 0 Å². The summed E-state index contributed by atoms with van der Waals surface area (Å²) in [5.74, 6) is -0.404. The largest absolute Gasteiger partial charge is 0.165 e. The van der Waals surface area contributed by atoms with E-state index in [1.807, 2.05) is 30.3 Å². The van der Waals surface area contributed by atoms with Gasteiger partial charge in [-0.1, -0.05) is 76.7 Å². The van der Waals surface area contributed by atoms with Gasteiger partial charge in [0.1, 0.15) is 0 Å². The lowest BCUT2D eigenvalue weighted by Gasteiger charge is -2.33. The van der Waals surface area contributed by atoms with Crippen molar-refractivity contribution in [3.8, 4) is 0 Å². The number of hydrogen-bond acceptors (Lipinski definition) is 1. The van der Waals surface area contributed by atoms with E-state index in [1.165, 1.54) is 0 Å². The van der Waals surface area contributed by atoms with Crippen LogP contribution in [0.5, 0.6) is 0 Å². The van der Waals surface area contributed by atoms with Crippen LogP contribution in [-0.4, -0.2) is 4.33 Å². The second-order valence-corrected chi connectivity index (χ2v) is 6.37. The maximum absolute atomic E-state index is 6.30. The molecule has 0 saturated heterocycles. The smallest absolute Gasteiger partial charge is 0.142 e. The monoisotopic (exact) mass is 324 g/mol. The van der Waals surface area contributed by atoms with E-state index in [0.717, 1.165) is 5.56 Å². The molecule has 1 aliphatic carbocycles. The standard InChI is InChI=1S/C12H8Cl4S/c13-9-6-8(17)11(14)10(12(9,15)16)7-4-2-1-3-5-7/h1-6,10,17H. The number of hydrogen-bond donors (Lipinski definition) is 1. The molecule has 0 radical (unpaired) electrons. The van der Waals surface area contributed by atoms with Gasteiger partial charge in [0.25, 0.3) is 0 Å². The van der Waals surface area contributed by atoms with E-state index >= 15 is 0 Å². The Bertz CT molecular complexity index is 490. The molecule has 0 heterocycles. The highest BCUT2D eigenvalue weighted by molar-refractivity contribution is 7.84. The molecule has 0 aromatic heterocycles. The van der Waals surface area contributed by atoms with E-state index in [1.54, 1.807) is 6.08 Å².